The molecule has 0 aliphatic heterocycles. The molecule has 0 heterocycles. The number of nitrogens with zero attached hydrogens (tertiary/aromatic N) is 1. The van der Waals surface area contributed by atoms with Crippen molar-refractivity contribution in [2.75, 3.05) is 5.75 Å². The summed E-state index contributed by atoms with van der Waals surface area (Å²) in [6.07, 6.45) is 2.62. The molecule has 0 aromatic heterocycles. The first kappa shape index (κ1) is 13.8. The van der Waals surface area contributed by atoms with Crippen molar-refractivity contribution in [2.45, 2.75) is 38.8 Å². The Morgan fingerprint density at radius 1 is 1.28 bits per heavy atom. The van der Waals surface area contributed by atoms with Crippen LogP contribution >= 0.6 is 11.6 Å². The highest BCUT2D eigenvalue weighted by molar-refractivity contribution is 7.89. The first-order valence-electron chi connectivity index (χ1n) is 6.27. The van der Waals surface area contributed by atoms with Gasteiger partial charge in [-0.25, -0.2) is 8.42 Å². The monoisotopic (exact) mass is 287 g/mol. The summed E-state index contributed by atoms with van der Waals surface area (Å²) in [5.74, 6) is 0.233. The van der Waals surface area contributed by atoms with Crippen LogP contribution in [0, 0.1) is 0 Å². The molecule has 1 aliphatic rings. The van der Waals surface area contributed by atoms with Gasteiger partial charge in [0.2, 0.25) is 10.0 Å². The lowest BCUT2D eigenvalue weighted by atomic mass is 10.2. The molecular weight excluding hydrogens is 270 g/mol. The quantitative estimate of drug-likeness (QED) is 0.806. The third-order valence-electron chi connectivity index (χ3n) is 3.03. The molecule has 100 valence electrons. The lowest BCUT2D eigenvalue weighted by molar-refractivity contribution is 0.398. The molecule has 0 spiro atoms. The van der Waals surface area contributed by atoms with Gasteiger partial charge in [-0.3, -0.25) is 0 Å². The SMILES string of the molecule is CCCS(=O)(=O)N(Cc1ccc(Cl)cc1)C1CC1. The molecule has 2 rings (SSSR count). The molecule has 18 heavy (non-hydrogen) atoms. The van der Waals surface area contributed by atoms with Crippen LogP contribution < -0.4 is 0 Å². The summed E-state index contributed by atoms with van der Waals surface area (Å²) < 4.78 is 26.0. The van der Waals surface area contributed by atoms with Crippen LogP contribution in [0.25, 0.3) is 0 Å². The number of benzene rings is 1. The number of hydrogen-bond acceptors (Lipinski definition) is 2. The fraction of sp³-hybridized carbons (Fsp3) is 0.538. The molecule has 1 aliphatic carbocycles. The van der Waals surface area contributed by atoms with Crippen molar-refractivity contribution in [3.8, 4) is 0 Å². The molecular formula is C13H18ClNO2S. The molecule has 0 saturated heterocycles. The predicted molar refractivity (Wildman–Crippen MR) is 74.1 cm³/mol. The summed E-state index contributed by atoms with van der Waals surface area (Å²) in [7, 11) is -3.12. The molecule has 1 aromatic rings. The second kappa shape index (κ2) is 5.59. The topological polar surface area (TPSA) is 37.4 Å². The van der Waals surface area contributed by atoms with Crippen LogP contribution in [-0.2, 0) is 16.6 Å². The smallest absolute Gasteiger partial charge is 0.212 e. The minimum atomic E-state index is -3.12. The van der Waals surface area contributed by atoms with Gasteiger partial charge >= 0.3 is 0 Å². The van der Waals surface area contributed by atoms with Crippen LogP contribution in [-0.4, -0.2) is 24.5 Å². The Labute approximate surface area is 114 Å². The lowest BCUT2D eigenvalue weighted by Crippen LogP contribution is -2.34. The number of rotatable bonds is 6. The van der Waals surface area contributed by atoms with Gasteiger partial charge < -0.3 is 0 Å². The normalized spacial score (nSPS) is 16.2. The highest BCUT2D eigenvalue weighted by atomic mass is 35.5. The number of halogens is 1. The van der Waals surface area contributed by atoms with E-state index >= 15 is 0 Å². The summed E-state index contributed by atoms with van der Waals surface area (Å²) in [6.45, 7) is 2.36. The van der Waals surface area contributed by atoms with E-state index in [1.54, 1.807) is 16.4 Å². The minimum Gasteiger partial charge on any atom is -0.212 e. The zero-order chi connectivity index (χ0) is 13.2. The van der Waals surface area contributed by atoms with Crippen molar-refractivity contribution in [2.24, 2.45) is 0 Å². The Bertz CT molecular complexity index is 494. The fourth-order valence-electron chi connectivity index (χ4n) is 1.96. The van der Waals surface area contributed by atoms with Gasteiger partial charge in [0.25, 0.3) is 0 Å². The van der Waals surface area contributed by atoms with Gasteiger partial charge in [-0.05, 0) is 37.0 Å². The Morgan fingerprint density at radius 3 is 2.39 bits per heavy atom. The van der Waals surface area contributed by atoms with Gasteiger partial charge in [-0.1, -0.05) is 30.7 Å². The molecule has 0 atom stereocenters. The standard InChI is InChI=1S/C13H18ClNO2S/c1-2-9-18(16,17)15(13-7-8-13)10-11-3-5-12(14)6-4-11/h3-6,13H,2,7-10H2,1H3. The maximum Gasteiger partial charge on any atom is 0.214 e. The van der Waals surface area contributed by atoms with Crippen LogP contribution in [0.3, 0.4) is 0 Å². The third kappa shape index (κ3) is 3.46. The zero-order valence-corrected chi connectivity index (χ0v) is 12.0. The average molecular weight is 288 g/mol. The summed E-state index contributed by atoms with van der Waals surface area (Å²) in [5.41, 5.74) is 0.992. The van der Waals surface area contributed by atoms with E-state index in [0.29, 0.717) is 18.0 Å². The van der Waals surface area contributed by atoms with Crippen molar-refractivity contribution in [3.63, 3.8) is 0 Å². The Kier molecular flexibility index (Phi) is 4.30. The lowest BCUT2D eigenvalue weighted by Gasteiger charge is -2.21. The first-order chi connectivity index (χ1) is 8.53. The fourth-order valence-corrected chi connectivity index (χ4v) is 3.85. The van der Waals surface area contributed by atoms with E-state index in [9.17, 15) is 8.42 Å². The Balaban J connectivity index is 2.14. The summed E-state index contributed by atoms with van der Waals surface area (Å²) in [6, 6.07) is 7.58. The van der Waals surface area contributed by atoms with Gasteiger partial charge in [0.05, 0.1) is 5.75 Å². The van der Waals surface area contributed by atoms with E-state index in [1.807, 2.05) is 19.1 Å². The highest BCUT2D eigenvalue weighted by Gasteiger charge is 2.36. The number of hydrogen-bond donors (Lipinski definition) is 0. The molecule has 1 saturated carbocycles. The second-order valence-corrected chi connectivity index (χ2v) is 7.20. The molecule has 3 nitrogen and oxygen atoms in total. The van der Waals surface area contributed by atoms with Crippen molar-refractivity contribution in [1.29, 1.82) is 0 Å². The molecule has 0 unspecified atom stereocenters. The maximum atomic E-state index is 12.2. The Morgan fingerprint density at radius 2 is 1.89 bits per heavy atom. The van der Waals surface area contributed by atoms with Crippen LogP contribution in [0.1, 0.15) is 31.7 Å². The summed E-state index contributed by atoms with van der Waals surface area (Å²) in [5, 5.41) is 0.674. The van der Waals surface area contributed by atoms with E-state index in [4.69, 9.17) is 11.6 Å². The van der Waals surface area contributed by atoms with Gasteiger partial charge in [0.1, 0.15) is 0 Å². The van der Waals surface area contributed by atoms with Gasteiger partial charge in [0.15, 0.2) is 0 Å². The maximum absolute atomic E-state index is 12.2. The highest BCUT2D eigenvalue weighted by Crippen LogP contribution is 2.31. The number of sulfonamides is 1. The zero-order valence-electron chi connectivity index (χ0n) is 10.5. The summed E-state index contributed by atoms with van der Waals surface area (Å²) in [4.78, 5) is 0. The van der Waals surface area contributed by atoms with Crippen LogP contribution in [0.15, 0.2) is 24.3 Å². The molecule has 0 amide bonds. The van der Waals surface area contributed by atoms with Crippen molar-refractivity contribution in [1.82, 2.24) is 4.31 Å². The average Bonchev–Trinajstić information content (AvgIpc) is 3.12. The van der Waals surface area contributed by atoms with Crippen LogP contribution in [0.5, 0.6) is 0 Å². The molecule has 1 aromatic carbocycles. The molecule has 5 heteroatoms. The summed E-state index contributed by atoms with van der Waals surface area (Å²) >= 11 is 5.83. The largest absolute Gasteiger partial charge is 0.214 e. The van der Waals surface area contributed by atoms with E-state index in [2.05, 4.69) is 0 Å². The van der Waals surface area contributed by atoms with E-state index in [0.717, 1.165) is 18.4 Å². The molecule has 0 bridgehead atoms. The van der Waals surface area contributed by atoms with E-state index < -0.39 is 10.0 Å². The molecule has 1 fully saturated rings. The molecule has 0 radical (unpaired) electrons. The van der Waals surface area contributed by atoms with Crippen LogP contribution in [0.2, 0.25) is 5.02 Å². The van der Waals surface area contributed by atoms with Gasteiger partial charge in [0, 0.05) is 17.6 Å². The Hall–Kier alpha value is -0.580. The van der Waals surface area contributed by atoms with Crippen molar-refractivity contribution >= 4 is 21.6 Å². The van der Waals surface area contributed by atoms with Crippen molar-refractivity contribution < 1.29 is 8.42 Å². The molecule has 0 N–H and O–H groups in total. The second-order valence-electron chi connectivity index (χ2n) is 4.72. The minimum absolute atomic E-state index is 0.206. The van der Waals surface area contributed by atoms with Crippen molar-refractivity contribution in [3.05, 3.63) is 34.9 Å². The van der Waals surface area contributed by atoms with Gasteiger partial charge in [-0.15, -0.1) is 0 Å². The third-order valence-corrected chi connectivity index (χ3v) is 5.34. The predicted octanol–water partition coefficient (Wildman–Crippen LogP) is 3.04. The van der Waals surface area contributed by atoms with Gasteiger partial charge in [-0.2, -0.15) is 4.31 Å². The first-order valence-corrected chi connectivity index (χ1v) is 8.25. The van der Waals surface area contributed by atoms with E-state index in [-0.39, 0.29) is 11.8 Å². The van der Waals surface area contributed by atoms with E-state index in [1.165, 1.54) is 0 Å². The van der Waals surface area contributed by atoms with Crippen LogP contribution in [0.4, 0.5) is 0 Å².